The van der Waals surface area contributed by atoms with Crippen molar-refractivity contribution in [1.29, 1.82) is 0 Å². The lowest BCUT2D eigenvalue weighted by Crippen LogP contribution is -2.23. The molecule has 0 fully saturated rings. The molecule has 0 atom stereocenters. The van der Waals surface area contributed by atoms with Crippen molar-refractivity contribution in [2.75, 3.05) is 13.1 Å². The lowest BCUT2D eigenvalue weighted by atomic mass is 10.1. The normalized spacial score (nSPS) is 14.7. The first-order valence-electron chi connectivity index (χ1n) is 8.62. The minimum atomic E-state index is -1.26. The first kappa shape index (κ1) is 19.0. The molecular formula is C20H20N2O4S. The summed E-state index contributed by atoms with van der Waals surface area (Å²) < 4.78 is 0. The number of carbonyl (C=O) groups is 2. The van der Waals surface area contributed by atoms with Crippen LogP contribution < -0.4 is 5.32 Å². The van der Waals surface area contributed by atoms with E-state index in [1.807, 2.05) is 11.3 Å². The number of aromatic nitrogens is 1. The van der Waals surface area contributed by atoms with Crippen molar-refractivity contribution in [2.24, 2.45) is 0 Å². The summed E-state index contributed by atoms with van der Waals surface area (Å²) in [7, 11) is 0. The zero-order chi connectivity index (χ0) is 19.2. The van der Waals surface area contributed by atoms with E-state index in [2.05, 4.69) is 35.7 Å². The first-order valence-corrected chi connectivity index (χ1v) is 9.44. The van der Waals surface area contributed by atoms with Gasteiger partial charge >= 0.3 is 11.9 Å². The molecule has 3 N–H and O–H groups in total. The molecule has 1 aromatic carbocycles. The highest BCUT2D eigenvalue weighted by atomic mass is 32.1. The predicted octanol–water partition coefficient (Wildman–Crippen LogP) is 2.89. The van der Waals surface area contributed by atoms with Crippen molar-refractivity contribution >= 4 is 23.3 Å². The molecule has 0 radical (unpaired) electrons. The molecule has 2 heterocycles. The van der Waals surface area contributed by atoms with Gasteiger partial charge in [-0.05, 0) is 18.5 Å². The maximum absolute atomic E-state index is 9.55. The summed E-state index contributed by atoms with van der Waals surface area (Å²) >= 11 is 1.89. The molecule has 4 rings (SSSR count). The van der Waals surface area contributed by atoms with Crippen molar-refractivity contribution in [3.63, 3.8) is 0 Å². The van der Waals surface area contributed by atoms with Crippen molar-refractivity contribution in [3.8, 4) is 11.3 Å². The van der Waals surface area contributed by atoms with Crippen LogP contribution in [0.1, 0.15) is 21.9 Å². The summed E-state index contributed by atoms with van der Waals surface area (Å²) in [6.45, 7) is 2.14. The Morgan fingerprint density at radius 3 is 2.59 bits per heavy atom. The Labute approximate surface area is 160 Å². The maximum atomic E-state index is 9.55. The van der Waals surface area contributed by atoms with Crippen molar-refractivity contribution in [1.82, 2.24) is 10.3 Å². The minimum Gasteiger partial charge on any atom is -0.478 e. The number of benzene rings is 1. The van der Waals surface area contributed by atoms with E-state index in [0.717, 1.165) is 32.4 Å². The largest absolute Gasteiger partial charge is 0.478 e. The van der Waals surface area contributed by atoms with Gasteiger partial charge in [-0.1, -0.05) is 35.9 Å². The second kappa shape index (κ2) is 8.75. The number of rotatable bonds is 4. The van der Waals surface area contributed by atoms with Crippen molar-refractivity contribution in [2.45, 2.75) is 19.3 Å². The van der Waals surface area contributed by atoms with Gasteiger partial charge in [0.1, 0.15) is 0 Å². The molecule has 0 bridgehead atoms. The SMILES string of the molecule is C1=C(Cc2nc3c(s2)Cc2ccccc2-3)CNCC1.O=C(O)C=CC(=O)O. The Kier molecular flexibility index (Phi) is 6.16. The lowest BCUT2D eigenvalue weighted by molar-refractivity contribution is -0.134. The number of hydrogen-bond donors (Lipinski definition) is 3. The molecule has 0 saturated heterocycles. The summed E-state index contributed by atoms with van der Waals surface area (Å²) in [4.78, 5) is 25.4. The van der Waals surface area contributed by atoms with Crippen LogP contribution in [0.5, 0.6) is 0 Å². The molecule has 0 spiro atoms. The Balaban J connectivity index is 0.000000226. The molecule has 2 aromatic rings. The molecule has 2 aliphatic rings. The van der Waals surface area contributed by atoms with Gasteiger partial charge in [-0.2, -0.15) is 0 Å². The van der Waals surface area contributed by atoms with Gasteiger partial charge in [-0.3, -0.25) is 0 Å². The van der Waals surface area contributed by atoms with Gasteiger partial charge in [0, 0.05) is 42.0 Å². The molecule has 6 nitrogen and oxygen atoms in total. The highest BCUT2D eigenvalue weighted by Crippen LogP contribution is 2.39. The summed E-state index contributed by atoms with van der Waals surface area (Å²) in [5.41, 5.74) is 5.50. The third-order valence-corrected chi connectivity index (χ3v) is 5.27. The van der Waals surface area contributed by atoms with E-state index in [1.165, 1.54) is 32.3 Å². The minimum absolute atomic E-state index is 0.558. The van der Waals surface area contributed by atoms with E-state index < -0.39 is 11.9 Å². The smallest absolute Gasteiger partial charge is 0.328 e. The quantitative estimate of drug-likeness (QED) is 0.472. The second-order valence-electron chi connectivity index (χ2n) is 6.23. The molecule has 27 heavy (non-hydrogen) atoms. The van der Waals surface area contributed by atoms with Crippen molar-refractivity contribution < 1.29 is 19.8 Å². The van der Waals surface area contributed by atoms with Gasteiger partial charge in [0.05, 0.1) is 10.7 Å². The zero-order valence-corrected chi connectivity index (χ0v) is 15.5. The number of aliphatic carboxylic acids is 2. The fourth-order valence-electron chi connectivity index (χ4n) is 3.06. The van der Waals surface area contributed by atoms with E-state index in [0.29, 0.717) is 12.2 Å². The molecule has 1 aliphatic carbocycles. The van der Waals surface area contributed by atoms with Gasteiger partial charge in [0.15, 0.2) is 0 Å². The number of hydrogen-bond acceptors (Lipinski definition) is 5. The number of nitrogens with one attached hydrogen (secondary N) is 1. The van der Waals surface area contributed by atoms with E-state index in [-0.39, 0.29) is 0 Å². The van der Waals surface area contributed by atoms with Gasteiger partial charge in [0.2, 0.25) is 0 Å². The van der Waals surface area contributed by atoms with Gasteiger partial charge in [0.25, 0.3) is 0 Å². The van der Waals surface area contributed by atoms with Gasteiger partial charge in [-0.25, -0.2) is 14.6 Å². The molecular weight excluding hydrogens is 364 g/mol. The average Bonchev–Trinajstić information content (AvgIpc) is 3.18. The van der Waals surface area contributed by atoms with Crippen LogP contribution in [0.3, 0.4) is 0 Å². The lowest BCUT2D eigenvalue weighted by Gasteiger charge is -2.12. The molecule has 1 aromatic heterocycles. The summed E-state index contributed by atoms with van der Waals surface area (Å²) in [6.07, 6.45) is 6.73. The monoisotopic (exact) mass is 384 g/mol. The highest BCUT2D eigenvalue weighted by molar-refractivity contribution is 7.12. The van der Waals surface area contributed by atoms with E-state index >= 15 is 0 Å². The standard InChI is InChI=1S/C16H16N2S.C4H4O4/c1-2-6-13-12(5-1)9-14-16(13)18-15(19-14)8-11-4-3-7-17-10-11;5-3(6)1-2-4(7)8/h1-2,4-6,17H,3,7-10H2;1-2H,(H,5,6)(H,7,8). The summed E-state index contributed by atoms with van der Waals surface area (Å²) in [5, 5.41) is 20.3. The molecule has 7 heteroatoms. The van der Waals surface area contributed by atoms with Gasteiger partial charge in [-0.15, -0.1) is 11.3 Å². The third kappa shape index (κ3) is 5.12. The Morgan fingerprint density at radius 1 is 1.19 bits per heavy atom. The molecule has 0 unspecified atom stereocenters. The van der Waals surface area contributed by atoms with Crippen LogP contribution in [-0.4, -0.2) is 40.2 Å². The topological polar surface area (TPSA) is 99.5 Å². The Bertz CT molecular complexity index is 898. The Morgan fingerprint density at radius 2 is 1.93 bits per heavy atom. The highest BCUT2D eigenvalue weighted by Gasteiger charge is 2.22. The third-order valence-electron chi connectivity index (χ3n) is 4.22. The number of thiazole rings is 1. The fraction of sp³-hybridized carbons (Fsp3) is 0.250. The van der Waals surface area contributed by atoms with Crippen LogP contribution in [0.4, 0.5) is 0 Å². The van der Waals surface area contributed by atoms with Crippen LogP contribution in [-0.2, 0) is 22.4 Å². The van der Waals surface area contributed by atoms with Crippen LogP contribution in [0.2, 0.25) is 0 Å². The molecule has 0 saturated carbocycles. The first-order chi connectivity index (χ1) is 13.0. The van der Waals surface area contributed by atoms with Crippen LogP contribution >= 0.6 is 11.3 Å². The summed E-state index contributed by atoms with van der Waals surface area (Å²) in [5.74, 6) is -2.51. The fourth-order valence-corrected chi connectivity index (χ4v) is 4.21. The average molecular weight is 384 g/mol. The molecule has 140 valence electrons. The van der Waals surface area contributed by atoms with Crippen LogP contribution in [0, 0.1) is 0 Å². The van der Waals surface area contributed by atoms with E-state index in [4.69, 9.17) is 15.2 Å². The number of fused-ring (bicyclic) bond motifs is 3. The number of carboxylic acid groups (broad SMARTS) is 2. The van der Waals surface area contributed by atoms with Crippen LogP contribution in [0.15, 0.2) is 48.1 Å². The predicted molar refractivity (Wildman–Crippen MR) is 104 cm³/mol. The van der Waals surface area contributed by atoms with E-state index in [9.17, 15) is 9.59 Å². The van der Waals surface area contributed by atoms with Crippen LogP contribution in [0.25, 0.3) is 11.3 Å². The number of carboxylic acids is 2. The maximum Gasteiger partial charge on any atom is 0.328 e. The van der Waals surface area contributed by atoms with E-state index in [1.54, 1.807) is 0 Å². The molecule has 0 amide bonds. The zero-order valence-electron chi connectivity index (χ0n) is 14.6. The summed E-state index contributed by atoms with van der Waals surface area (Å²) in [6, 6.07) is 8.65. The number of nitrogens with zero attached hydrogens (tertiary/aromatic N) is 1. The second-order valence-corrected chi connectivity index (χ2v) is 7.40. The molecule has 1 aliphatic heterocycles. The van der Waals surface area contributed by atoms with Crippen molar-refractivity contribution in [3.05, 3.63) is 63.5 Å². The Hall–Kier alpha value is -2.77. The van der Waals surface area contributed by atoms with Gasteiger partial charge < -0.3 is 15.5 Å².